The second-order valence-corrected chi connectivity index (χ2v) is 7.70. The SMILES string of the molecule is Cc1cc([C@H]2CCCN2S(=O)(=O)c2cc([N+](=O)[O-])ccc2C)no1. The fourth-order valence-electron chi connectivity index (χ4n) is 2.97. The summed E-state index contributed by atoms with van der Waals surface area (Å²) in [7, 11) is -3.87. The van der Waals surface area contributed by atoms with Gasteiger partial charge in [0, 0.05) is 24.7 Å². The molecule has 0 bridgehead atoms. The van der Waals surface area contributed by atoms with E-state index in [0.29, 0.717) is 36.4 Å². The number of aryl methyl sites for hydroxylation is 2. The summed E-state index contributed by atoms with van der Waals surface area (Å²) in [6.45, 7) is 3.72. The Labute approximate surface area is 139 Å². The van der Waals surface area contributed by atoms with Crippen LogP contribution in [-0.4, -0.2) is 29.3 Å². The van der Waals surface area contributed by atoms with Crippen LogP contribution in [0, 0.1) is 24.0 Å². The van der Waals surface area contributed by atoms with Gasteiger partial charge in [-0.15, -0.1) is 0 Å². The first kappa shape index (κ1) is 16.6. The molecule has 1 aliphatic rings. The molecule has 0 N–H and O–H groups in total. The summed E-state index contributed by atoms with van der Waals surface area (Å²) in [5.41, 5.74) is 0.798. The van der Waals surface area contributed by atoms with Crippen molar-refractivity contribution in [2.24, 2.45) is 0 Å². The zero-order chi connectivity index (χ0) is 17.5. The van der Waals surface area contributed by atoms with Crippen LogP contribution in [0.4, 0.5) is 5.69 Å². The van der Waals surface area contributed by atoms with E-state index in [-0.39, 0.29) is 10.6 Å². The van der Waals surface area contributed by atoms with Crippen molar-refractivity contribution >= 4 is 15.7 Å². The van der Waals surface area contributed by atoms with Gasteiger partial charge in [0.25, 0.3) is 5.69 Å². The van der Waals surface area contributed by atoms with Gasteiger partial charge in [-0.3, -0.25) is 10.1 Å². The highest BCUT2D eigenvalue weighted by molar-refractivity contribution is 7.89. The van der Waals surface area contributed by atoms with Gasteiger partial charge in [0.1, 0.15) is 11.5 Å². The Hall–Kier alpha value is -2.26. The first-order chi connectivity index (χ1) is 11.3. The normalized spacial score (nSPS) is 18.8. The first-order valence-electron chi connectivity index (χ1n) is 7.51. The van der Waals surface area contributed by atoms with Crippen molar-refractivity contribution in [3.8, 4) is 0 Å². The van der Waals surface area contributed by atoms with E-state index in [1.807, 2.05) is 0 Å². The highest BCUT2D eigenvalue weighted by Gasteiger charge is 2.38. The minimum absolute atomic E-state index is 0.0381. The molecule has 1 atom stereocenters. The highest BCUT2D eigenvalue weighted by Crippen LogP contribution is 2.37. The Morgan fingerprint density at radius 2 is 2.08 bits per heavy atom. The number of rotatable bonds is 4. The number of benzene rings is 1. The Balaban J connectivity index is 2.04. The number of sulfonamides is 1. The summed E-state index contributed by atoms with van der Waals surface area (Å²) in [5.74, 6) is 0.612. The van der Waals surface area contributed by atoms with Crippen LogP contribution in [0.5, 0.6) is 0 Å². The summed E-state index contributed by atoms with van der Waals surface area (Å²) in [6, 6.07) is 5.19. The van der Waals surface area contributed by atoms with Crippen LogP contribution in [0.25, 0.3) is 0 Å². The predicted molar refractivity (Wildman–Crippen MR) is 84.9 cm³/mol. The van der Waals surface area contributed by atoms with Crippen LogP contribution >= 0.6 is 0 Å². The molecule has 2 heterocycles. The number of nitro groups is 1. The molecule has 1 saturated heterocycles. The van der Waals surface area contributed by atoms with Crippen LogP contribution in [0.3, 0.4) is 0 Å². The number of nitrogens with zero attached hydrogens (tertiary/aromatic N) is 3. The standard InChI is InChI=1S/C15H17N3O5S/c1-10-5-6-12(18(19)20)9-15(10)24(21,22)17-7-3-4-14(17)13-8-11(2)23-16-13/h5-6,8-9,14H,3-4,7H2,1-2H3/t14-/m1/s1. The molecule has 3 rings (SSSR count). The van der Waals surface area contributed by atoms with E-state index in [2.05, 4.69) is 5.16 Å². The lowest BCUT2D eigenvalue weighted by Crippen LogP contribution is -2.31. The monoisotopic (exact) mass is 351 g/mol. The second kappa shape index (κ2) is 5.99. The van der Waals surface area contributed by atoms with Crippen molar-refractivity contribution in [1.82, 2.24) is 9.46 Å². The fourth-order valence-corrected chi connectivity index (χ4v) is 4.89. The van der Waals surface area contributed by atoms with E-state index in [1.54, 1.807) is 19.9 Å². The summed E-state index contributed by atoms with van der Waals surface area (Å²) in [4.78, 5) is 10.3. The molecular weight excluding hydrogens is 334 g/mol. The van der Waals surface area contributed by atoms with E-state index in [4.69, 9.17) is 4.52 Å². The van der Waals surface area contributed by atoms with Crippen LogP contribution in [0.15, 0.2) is 33.7 Å². The van der Waals surface area contributed by atoms with Crippen LogP contribution < -0.4 is 0 Å². The molecule has 0 aliphatic carbocycles. The van der Waals surface area contributed by atoms with Crippen LogP contribution in [0.1, 0.15) is 35.9 Å². The molecular formula is C15H17N3O5S. The van der Waals surface area contributed by atoms with Gasteiger partial charge in [-0.05, 0) is 32.3 Å². The van der Waals surface area contributed by atoms with Crippen molar-refractivity contribution < 1.29 is 17.9 Å². The second-order valence-electron chi connectivity index (χ2n) is 5.84. The average Bonchev–Trinajstić information content (AvgIpc) is 3.15. The highest BCUT2D eigenvalue weighted by atomic mass is 32.2. The average molecular weight is 351 g/mol. The van der Waals surface area contributed by atoms with Crippen molar-refractivity contribution in [1.29, 1.82) is 0 Å². The van der Waals surface area contributed by atoms with Crippen LogP contribution in [0.2, 0.25) is 0 Å². The smallest absolute Gasteiger partial charge is 0.270 e. The molecule has 0 spiro atoms. The Kier molecular flexibility index (Phi) is 4.14. The van der Waals surface area contributed by atoms with Gasteiger partial charge in [-0.25, -0.2) is 8.42 Å². The molecule has 24 heavy (non-hydrogen) atoms. The largest absolute Gasteiger partial charge is 0.361 e. The third-order valence-electron chi connectivity index (χ3n) is 4.16. The Morgan fingerprint density at radius 1 is 1.33 bits per heavy atom. The summed E-state index contributed by atoms with van der Waals surface area (Å²) < 4.78 is 32.5. The third-order valence-corrected chi connectivity index (χ3v) is 6.21. The number of nitro benzene ring substituents is 1. The molecule has 0 unspecified atom stereocenters. The number of non-ortho nitro benzene ring substituents is 1. The lowest BCUT2D eigenvalue weighted by atomic mass is 10.1. The number of hydrogen-bond acceptors (Lipinski definition) is 6. The first-order valence-corrected chi connectivity index (χ1v) is 8.95. The maximum Gasteiger partial charge on any atom is 0.270 e. The minimum atomic E-state index is -3.87. The molecule has 1 aromatic heterocycles. The minimum Gasteiger partial charge on any atom is -0.361 e. The maximum absolute atomic E-state index is 13.1. The predicted octanol–water partition coefficient (Wildman–Crippen LogP) is 2.73. The topological polar surface area (TPSA) is 107 Å². The van der Waals surface area contributed by atoms with E-state index in [1.165, 1.54) is 16.4 Å². The van der Waals surface area contributed by atoms with Crippen LogP contribution in [-0.2, 0) is 10.0 Å². The Morgan fingerprint density at radius 3 is 2.71 bits per heavy atom. The zero-order valence-electron chi connectivity index (χ0n) is 13.3. The molecule has 0 saturated carbocycles. The summed E-state index contributed by atoms with van der Waals surface area (Å²) in [5, 5.41) is 14.9. The van der Waals surface area contributed by atoms with Gasteiger partial charge in [-0.2, -0.15) is 4.31 Å². The Bertz CT molecular complexity index is 890. The van der Waals surface area contributed by atoms with Crippen molar-refractivity contribution in [3.63, 3.8) is 0 Å². The third kappa shape index (κ3) is 2.80. The molecule has 1 aliphatic heterocycles. The molecule has 1 aromatic carbocycles. The number of aromatic nitrogens is 1. The van der Waals surface area contributed by atoms with Gasteiger partial charge in [-0.1, -0.05) is 11.2 Å². The van der Waals surface area contributed by atoms with E-state index in [9.17, 15) is 18.5 Å². The lowest BCUT2D eigenvalue weighted by molar-refractivity contribution is -0.385. The van der Waals surface area contributed by atoms with Gasteiger partial charge in [0.2, 0.25) is 10.0 Å². The van der Waals surface area contributed by atoms with Gasteiger partial charge < -0.3 is 4.52 Å². The van der Waals surface area contributed by atoms with Crippen molar-refractivity contribution in [2.45, 2.75) is 37.6 Å². The molecule has 1 fully saturated rings. The van der Waals surface area contributed by atoms with E-state index < -0.39 is 21.0 Å². The molecule has 0 amide bonds. The quantitative estimate of drug-likeness (QED) is 0.619. The van der Waals surface area contributed by atoms with E-state index >= 15 is 0 Å². The maximum atomic E-state index is 13.1. The van der Waals surface area contributed by atoms with Gasteiger partial charge in [0.15, 0.2) is 0 Å². The van der Waals surface area contributed by atoms with E-state index in [0.717, 1.165) is 6.07 Å². The fraction of sp³-hybridized carbons (Fsp3) is 0.400. The summed E-state index contributed by atoms with van der Waals surface area (Å²) >= 11 is 0. The van der Waals surface area contributed by atoms with Gasteiger partial charge in [0.05, 0.1) is 15.9 Å². The van der Waals surface area contributed by atoms with Crippen molar-refractivity contribution in [2.75, 3.05) is 6.54 Å². The molecule has 0 radical (unpaired) electrons. The number of hydrogen-bond donors (Lipinski definition) is 0. The molecule has 9 heteroatoms. The molecule has 2 aromatic rings. The van der Waals surface area contributed by atoms with Crippen molar-refractivity contribution in [3.05, 3.63) is 51.4 Å². The lowest BCUT2D eigenvalue weighted by Gasteiger charge is -2.23. The summed E-state index contributed by atoms with van der Waals surface area (Å²) in [6.07, 6.45) is 1.34. The molecule has 128 valence electrons. The molecule has 8 nitrogen and oxygen atoms in total. The van der Waals surface area contributed by atoms with Gasteiger partial charge >= 0.3 is 0 Å². The zero-order valence-corrected chi connectivity index (χ0v) is 14.1.